The molecule has 5 heteroatoms. The molecule has 0 amide bonds. The highest BCUT2D eigenvalue weighted by atomic mass is 16.5. The quantitative estimate of drug-likeness (QED) is 0.540. The van der Waals surface area contributed by atoms with Gasteiger partial charge in [0.05, 0.1) is 11.6 Å². The second-order valence-corrected chi connectivity index (χ2v) is 6.97. The SMILES string of the molecule is COC1CN(c2nc(-c3cccnc3)nc3cc(-c4ccccc4)ccc23)C1. The van der Waals surface area contributed by atoms with Crippen molar-refractivity contribution in [2.24, 2.45) is 0 Å². The van der Waals surface area contributed by atoms with E-state index < -0.39 is 0 Å². The van der Waals surface area contributed by atoms with Gasteiger partial charge in [-0.3, -0.25) is 4.98 Å². The van der Waals surface area contributed by atoms with Crippen LogP contribution in [0.25, 0.3) is 33.4 Å². The number of ether oxygens (including phenoxy) is 1. The molecule has 138 valence electrons. The molecular weight excluding hydrogens is 348 g/mol. The van der Waals surface area contributed by atoms with Crippen molar-refractivity contribution in [1.82, 2.24) is 15.0 Å². The molecule has 0 aliphatic carbocycles. The maximum atomic E-state index is 5.45. The minimum Gasteiger partial charge on any atom is -0.378 e. The van der Waals surface area contributed by atoms with E-state index in [9.17, 15) is 0 Å². The van der Waals surface area contributed by atoms with Crippen LogP contribution in [0.1, 0.15) is 0 Å². The molecule has 0 atom stereocenters. The Kier molecular flexibility index (Phi) is 4.22. The zero-order valence-electron chi connectivity index (χ0n) is 15.6. The second kappa shape index (κ2) is 7.02. The lowest BCUT2D eigenvalue weighted by Gasteiger charge is -2.39. The molecule has 4 aromatic rings. The summed E-state index contributed by atoms with van der Waals surface area (Å²) in [7, 11) is 1.76. The summed E-state index contributed by atoms with van der Waals surface area (Å²) in [5.74, 6) is 1.65. The number of fused-ring (bicyclic) bond motifs is 1. The van der Waals surface area contributed by atoms with E-state index in [1.807, 2.05) is 18.2 Å². The molecule has 5 rings (SSSR count). The topological polar surface area (TPSA) is 51.1 Å². The molecule has 3 heterocycles. The Bertz CT molecular complexity index is 1100. The van der Waals surface area contributed by atoms with Crippen LogP contribution < -0.4 is 4.90 Å². The van der Waals surface area contributed by atoms with Gasteiger partial charge in [-0.1, -0.05) is 36.4 Å². The molecule has 5 nitrogen and oxygen atoms in total. The Morgan fingerprint density at radius 3 is 2.46 bits per heavy atom. The first-order valence-corrected chi connectivity index (χ1v) is 9.37. The number of anilines is 1. The van der Waals surface area contributed by atoms with Crippen LogP contribution in [0.4, 0.5) is 5.82 Å². The van der Waals surface area contributed by atoms with Gasteiger partial charge < -0.3 is 9.64 Å². The number of rotatable bonds is 4. The van der Waals surface area contributed by atoms with Gasteiger partial charge in [-0.25, -0.2) is 9.97 Å². The molecule has 1 aliphatic heterocycles. The Hall–Kier alpha value is -3.31. The molecule has 0 bridgehead atoms. The van der Waals surface area contributed by atoms with E-state index in [0.29, 0.717) is 5.82 Å². The molecule has 0 N–H and O–H groups in total. The molecule has 1 aliphatic rings. The highest BCUT2D eigenvalue weighted by Crippen LogP contribution is 2.33. The van der Waals surface area contributed by atoms with Crippen molar-refractivity contribution in [3.05, 3.63) is 73.1 Å². The van der Waals surface area contributed by atoms with Gasteiger partial charge in [-0.2, -0.15) is 0 Å². The van der Waals surface area contributed by atoms with E-state index in [1.54, 1.807) is 19.5 Å². The number of nitrogens with zero attached hydrogens (tertiary/aromatic N) is 4. The van der Waals surface area contributed by atoms with E-state index in [2.05, 4.69) is 52.3 Å². The molecule has 2 aromatic carbocycles. The number of hydrogen-bond donors (Lipinski definition) is 0. The largest absolute Gasteiger partial charge is 0.378 e. The van der Waals surface area contributed by atoms with Gasteiger partial charge in [0.15, 0.2) is 5.82 Å². The number of methoxy groups -OCH3 is 1. The number of hydrogen-bond acceptors (Lipinski definition) is 5. The highest BCUT2D eigenvalue weighted by molar-refractivity contribution is 5.94. The fraction of sp³-hybridized carbons (Fsp3) is 0.174. The lowest BCUT2D eigenvalue weighted by Crippen LogP contribution is -2.52. The van der Waals surface area contributed by atoms with Gasteiger partial charge in [0.2, 0.25) is 0 Å². The third-order valence-electron chi connectivity index (χ3n) is 5.18. The summed E-state index contributed by atoms with van der Waals surface area (Å²) in [6, 6.07) is 20.7. The van der Waals surface area contributed by atoms with E-state index in [4.69, 9.17) is 14.7 Å². The predicted molar refractivity (Wildman–Crippen MR) is 111 cm³/mol. The summed E-state index contributed by atoms with van der Waals surface area (Å²) in [5, 5.41) is 1.06. The molecule has 1 fully saturated rings. The minimum absolute atomic E-state index is 0.260. The fourth-order valence-electron chi connectivity index (χ4n) is 3.55. The molecule has 28 heavy (non-hydrogen) atoms. The molecule has 0 radical (unpaired) electrons. The van der Waals surface area contributed by atoms with E-state index in [1.165, 1.54) is 5.56 Å². The Balaban J connectivity index is 1.66. The zero-order chi connectivity index (χ0) is 18.9. The third-order valence-corrected chi connectivity index (χ3v) is 5.18. The third kappa shape index (κ3) is 3.00. The van der Waals surface area contributed by atoms with Crippen molar-refractivity contribution in [2.75, 3.05) is 25.1 Å². The van der Waals surface area contributed by atoms with E-state index in [-0.39, 0.29) is 6.10 Å². The first-order chi connectivity index (χ1) is 13.8. The lowest BCUT2D eigenvalue weighted by atomic mass is 10.0. The van der Waals surface area contributed by atoms with Crippen molar-refractivity contribution >= 4 is 16.7 Å². The molecule has 0 saturated carbocycles. The number of benzene rings is 2. The highest BCUT2D eigenvalue weighted by Gasteiger charge is 2.29. The molecule has 2 aromatic heterocycles. The van der Waals surface area contributed by atoms with Crippen LogP contribution >= 0.6 is 0 Å². The van der Waals surface area contributed by atoms with Crippen LogP contribution in [0.3, 0.4) is 0 Å². The molecular formula is C23H20N4O. The van der Waals surface area contributed by atoms with Crippen molar-refractivity contribution in [3.8, 4) is 22.5 Å². The fourth-order valence-corrected chi connectivity index (χ4v) is 3.55. The Morgan fingerprint density at radius 1 is 0.893 bits per heavy atom. The lowest BCUT2D eigenvalue weighted by molar-refractivity contribution is 0.0785. The van der Waals surface area contributed by atoms with E-state index >= 15 is 0 Å². The molecule has 0 unspecified atom stereocenters. The molecule has 1 saturated heterocycles. The average molecular weight is 368 g/mol. The average Bonchev–Trinajstić information content (AvgIpc) is 2.73. The van der Waals surface area contributed by atoms with Crippen LogP contribution in [0.15, 0.2) is 73.1 Å². The first kappa shape index (κ1) is 16.8. The summed E-state index contributed by atoms with van der Waals surface area (Å²) in [5.41, 5.74) is 4.18. The van der Waals surface area contributed by atoms with Gasteiger partial charge in [0.1, 0.15) is 5.82 Å². The summed E-state index contributed by atoms with van der Waals surface area (Å²) >= 11 is 0. The Labute approximate surface area is 163 Å². The molecule has 0 spiro atoms. The van der Waals surface area contributed by atoms with Crippen LogP contribution in [0, 0.1) is 0 Å². The number of aromatic nitrogens is 3. The van der Waals surface area contributed by atoms with E-state index in [0.717, 1.165) is 40.9 Å². The van der Waals surface area contributed by atoms with Crippen LogP contribution in [-0.2, 0) is 4.74 Å². The maximum Gasteiger partial charge on any atom is 0.163 e. The van der Waals surface area contributed by atoms with Crippen molar-refractivity contribution in [1.29, 1.82) is 0 Å². The summed E-state index contributed by atoms with van der Waals surface area (Å²) in [6.45, 7) is 1.69. The second-order valence-electron chi connectivity index (χ2n) is 6.97. The monoisotopic (exact) mass is 368 g/mol. The van der Waals surface area contributed by atoms with Crippen LogP contribution in [0.2, 0.25) is 0 Å². The number of pyridine rings is 1. The van der Waals surface area contributed by atoms with Crippen molar-refractivity contribution in [2.45, 2.75) is 6.10 Å². The van der Waals surface area contributed by atoms with Gasteiger partial charge in [-0.15, -0.1) is 0 Å². The smallest absolute Gasteiger partial charge is 0.163 e. The van der Waals surface area contributed by atoms with Gasteiger partial charge in [-0.05, 0) is 35.4 Å². The standard InChI is InChI=1S/C23H20N4O/c1-28-19-14-27(15-19)23-20-10-9-17(16-6-3-2-4-7-16)12-21(20)25-22(26-23)18-8-5-11-24-13-18/h2-13,19H,14-15H2,1H3. The Morgan fingerprint density at radius 2 is 1.71 bits per heavy atom. The normalized spacial score (nSPS) is 14.2. The van der Waals surface area contributed by atoms with Crippen LogP contribution in [-0.4, -0.2) is 41.3 Å². The first-order valence-electron chi connectivity index (χ1n) is 9.37. The van der Waals surface area contributed by atoms with Gasteiger partial charge >= 0.3 is 0 Å². The maximum absolute atomic E-state index is 5.45. The van der Waals surface area contributed by atoms with Crippen LogP contribution in [0.5, 0.6) is 0 Å². The summed E-state index contributed by atoms with van der Waals surface area (Å²) in [6.07, 6.45) is 3.83. The van der Waals surface area contributed by atoms with Gasteiger partial charge in [0.25, 0.3) is 0 Å². The minimum atomic E-state index is 0.260. The van der Waals surface area contributed by atoms with Crippen molar-refractivity contribution < 1.29 is 4.74 Å². The summed E-state index contributed by atoms with van der Waals surface area (Å²) < 4.78 is 5.45. The zero-order valence-corrected chi connectivity index (χ0v) is 15.6. The van der Waals surface area contributed by atoms with Crippen molar-refractivity contribution in [3.63, 3.8) is 0 Å². The summed E-state index contributed by atoms with van der Waals surface area (Å²) in [4.78, 5) is 16.2. The van der Waals surface area contributed by atoms with Gasteiger partial charge in [0, 0.05) is 43.5 Å². The predicted octanol–water partition coefficient (Wildman–Crippen LogP) is 4.19.